The molecule has 2 atom stereocenters. The lowest BCUT2D eigenvalue weighted by Gasteiger charge is -2.24. The van der Waals surface area contributed by atoms with Crippen molar-refractivity contribution in [2.45, 2.75) is 44.8 Å². The van der Waals surface area contributed by atoms with E-state index < -0.39 is 24.7 Å². The van der Waals surface area contributed by atoms with E-state index in [0.29, 0.717) is 0 Å². The van der Waals surface area contributed by atoms with Gasteiger partial charge in [0.2, 0.25) is 0 Å². The van der Waals surface area contributed by atoms with Crippen molar-refractivity contribution in [3.8, 4) is 11.5 Å². The predicted octanol–water partition coefficient (Wildman–Crippen LogP) is 4.62. The Labute approximate surface area is 174 Å². The van der Waals surface area contributed by atoms with Gasteiger partial charge in [-0.1, -0.05) is 18.2 Å². The maximum atomic E-state index is 13.4. The molecule has 1 fully saturated rings. The number of non-ortho nitro benzene ring substituents is 1. The molecule has 0 bridgehead atoms. The van der Waals surface area contributed by atoms with Crippen molar-refractivity contribution in [3.63, 3.8) is 0 Å². The highest BCUT2D eigenvalue weighted by atomic mass is 31.2. The number of nitro groups is 1. The molecule has 1 saturated carbocycles. The smallest absolute Gasteiger partial charge is 0.461 e. The van der Waals surface area contributed by atoms with Crippen LogP contribution in [0.1, 0.15) is 32.6 Å². The molecular weight excluding hydrogens is 411 g/mol. The molecule has 3 rings (SSSR count). The van der Waals surface area contributed by atoms with Crippen molar-refractivity contribution >= 4 is 19.4 Å². The maximum Gasteiger partial charge on any atom is 0.513 e. The van der Waals surface area contributed by atoms with Gasteiger partial charge in [-0.25, -0.2) is 4.57 Å². The zero-order valence-electron chi connectivity index (χ0n) is 16.4. The summed E-state index contributed by atoms with van der Waals surface area (Å²) >= 11 is 0. The van der Waals surface area contributed by atoms with Gasteiger partial charge < -0.3 is 13.8 Å². The zero-order chi connectivity index (χ0) is 21.6. The van der Waals surface area contributed by atoms with Crippen LogP contribution in [0.15, 0.2) is 54.6 Å². The lowest BCUT2D eigenvalue weighted by atomic mass is 10.3. The van der Waals surface area contributed by atoms with Crippen LogP contribution < -0.4 is 14.1 Å². The van der Waals surface area contributed by atoms with Gasteiger partial charge in [0.1, 0.15) is 23.6 Å². The molecule has 0 saturated heterocycles. The first-order valence-corrected chi connectivity index (χ1v) is 11.2. The molecule has 2 aromatic carbocycles. The Balaban J connectivity index is 1.75. The van der Waals surface area contributed by atoms with E-state index in [1.54, 1.807) is 30.3 Å². The second-order valence-corrected chi connectivity index (χ2v) is 8.56. The first-order valence-electron chi connectivity index (χ1n) is 9.62. The van der Waals surface area contributed by atoms with Gasteiger partial charge in [0.25, 0.3) is 5.69 Å². The SMILES string of the molecule is C[C@H](N[P@@](=O)(Oc1ccccc1)Oc1ccc([N+](=O)[O-])cc1)C(=O)OC1CCCC1. The number of para-hydroxylation sites is 1. The third-order valence-electron chi connectivity index (χ3n) is 4.53. The van der Waals surface area contributed by atoms with Crippen LogP contribution in [0.4, 0.5) is 5.69 Å². The van der Waals surface area contributed by atoms with E-state index in [4.69, 9.17) is 13.8 Å². The molecule has 0 aliphatic heterocycles. The quantitative estimate of drug-likeness (QED) is 0.263. The van der Waals surface area contributed by atoms with E-state index in [0.717, 1.165) is 25.7 Å². The number of benzene rings is 2. The van der Waals surface area contributed by atoms with Gasteiger partial charge in [0.15, 0.2) is 0 Å². The lowest BCUT2D eigenvalue weighted by molar-refractivity contribution is -0.384. The molecular formula is C20H23N2O7P. The van der Waals surface area contributed by atoms with E-state index in [9.17, 15) is 19.5 Å². The highest BCUT2D eigenvalue weighted by Gasteiger charge is 2.35. The number of ether oxygens (including phenoxy) is 1. The highest BCUT2D eigenvalue weighted by molar-refractivity contribution is 7.52. The fourth-order valence-electron chi connectivity index (χ4n) is 3.02. The number of esters is 1. The predicted molar refractivity (Wildman–Crippen MR) is 109 cm³/mol. The van der Waals surface area contributed by atoms with Gasteiger partial charge in [-0.15, -0.1) is 0 Å². The number of nitrogens with one attached hydrogen (secondary N) is 1. The van der Waals surface area contributed by atoms with Crippen LogP contribution in [0, 0.1) is 10.1 Å². The normalized spacial score (nSPS) is 17.0. The zero-order valence-corrected chi connectivity index (χ0v) is 17.3. The number of nitro benzene ring substituents is 1. The van der Waals surface area contributed by atoms with Crippen molar-refractivity contribution in [1.82, 2.24) is 5.09 Å². The number of carbonyl (C=O) groups excluding carboxylic acids is 1. The topological polar surface area (TPSA) is 117 Å². The van der Waals surface area contributed by atoms with Crippen molar-refractivity contribution < 1.29 is 28.1 Å². The molecule has 1 aliphatic carbocycles. The minimum Gasteiger partial charge on any atom is -0.461 e. The van der Waals surface area contributed by atoms with E-state index in [1.807, 2.05) is 0 Å². The van der Waals surface area contributed by atoms with Crippen LogP contribution >= 0.6 is 7.75 Å². The number of hydrogen-bond acceptors (Lipinski definition) is 7. The first kappa shape index (κ1) is 21.8. The molecule has 0 unspecified atom stereocenters. The Morgan fingerprint density at radius 3 is 2.20 bits per heavy atom. The number of rotatable bonds is 9. The van der Waals surface area contributed by atoms with Gasteiger partial charge in [-0.05, 0) is 56.9 Å². The Morgan fingerprint density at radius 1 is 1.07 bits per heavy atom. The standard InChI is InChI=1S/C20H23N2O7P/c1-15(20(23)27-17-7-5-6-8-17)21-30(26,28-18-9-3-2-4-10-18)29-19-13-11-16(12-14-19)22(24)25/h2-4,9-15,17H,5-8H2,1H3,(H,21,26)/t15-,30+/m0/s1. The molecule has 160 valence electrons. The summed E-state index contributed by atoms with van der Waals surface area (Å²) in [5, 5.41) is 13.4. The molecule has 0 radical (unpaired) electrons. The van der Waals surface area contributed by atoms with Gasteiger partial charge in [0.05, 0.1) is 4.92 Å². The Hall–Kier alpha value is -2.90. The third-order valence-corrected chi connectivity index (χ3v) is 6.14. The van der Waals surface area contributed by atoms with Crippen LogP contribution in [0.3, 0.4) is 0 Å². The molecule has 1 aliphatic rings. The minimum atomic E-state index is -4.08. The van der Waals surface area contributed by atoms with Crippen molar-refractivity contribution in [3.05, 3.63) is 64.7 Å². The molecule has 0 aromatic heterocycles. The third kappa shape index (κ3) is 6.05. The largest absolute Gasteiger partial charge is 0.513 e. The second-order valence-electron chi connectivity index (χ2n) is 6.94. The number of carbonyl (C=O) groups is 1. The minimum absolute atomic E-state index is 0.0868. The average Bonchev–Trinajstić information content (AvgIpc) is 3.22. The van der Waals surface area contributed by atoms with Crippen molar-refractivity contribution in [2.75, 3.05) is 0 Å². The van der Waals surface area contributed by atoms with Gasteiger partial charge in [0, 0.05) is 12.1 Å². The average molecular weight is 434 g/mol. The molecule has 10 heteroatoms. The fourth-order valence-corrected chi connectivity index (χ4v) is 4.54. The van der Waals surface area contributed by atoms with Crippen LogP contribution in [0.2, 0.25) is 0 Å². The number of hydrogen-bond donors (Lipinski definition) is 1. The number of nitrogens with zero attached hydrogens (tertiary/aromatic N) is 1. The summed E-state index contributed by atoms with van der Waals surface area (Å²) in [6, 6.07) is 12.4. The van der Waals surface area contributed by atoms with Gasteiger partial charge in [-0.2, -0.15) is 5.09 Å². The summed E-state index contributed by atoms with van der Waals surface area (Å²) in [7, 11) is -4.08. The molecule has 1 N–H and O–H groups in total. The summed E-state index contributed by atoms with van der Waals surface area (Å²) in [4.78, 5) is 22.7. The molecule has 0 heterocycles. The maximum absolute atomic E-state index is 13.4. The van der Waals surface area contributed by atoms with Crippen LogP contribution in [0.5, 0.6) is 11.5 Å². The Kier molecular flexibility index (Phi) is 7.07. The Morgan fingerprint density at radius 2 is 1.63 bits per heavy atom. The van der Waals surface area contributed by atoms with E-state index >= 15 is 0 Å². The monoisotopic (exact) mass is 434 g/mol. The molecule has 0 spiro atoms. The van der Waals surface area contributed by atoms with Gasteiger partial charge >= 0.3 is 13.7 Å². The lowest BCUT2D eigenvalue weighted by Crippen LogP contribution is -2.37. The van der Waals surface area contributed by atoms with Crippen LogP contribution in [-0.4, -0.2) is 23.0 Å². The van der Waals surface area contributed by atoms with Crippen molar-refractivity contribution in [2.24, 2.45) is 0 Å². The van der Waals surface area contributed by atoms with Crippen molar-refractivity contribution in [1.29, 1.82) is 0 Å². The highest BCUT2D eigenvalue weighted by Crippen LogP contribution is 2.45. The molecule has 9 nitrogen and oxygen atoms in total. The molecule has 2 aromatic rings. The molecule has 0 amide bonds. The fraction of sp³-hybridized carbons (Fsp3) is 0.350. The summed E-state index contributed by atoms with van der Waals surface area (Å²) in [6.07, 6.45) is 3.52. The first-order chi connectivity index (χ1) is 14.3. The van der Waals surface area contributed by atoms with Crippen LogP contribution in [0.25, 0.3) is 0 Å². The van der Waals surface area contributed by atoms with E-state index in [-0.39, 0.29) is 23.3 Å². The molecule has 30 heavy (non-hydrogen) atoms. The summed E-state index contributed by atoms with van der Waals surface area (Å²) < 4.78 is 30.0. The summed E-state index contributed by atoms with van der Waals surface area (Å²) in [6.45, 7) is 1.51. The van der Waals surface area contributed by atoms with Crippen LogP contribution in [-0.2, 0) is 14.1 Å². The van der Waals surface area contributed by atoms with E-state index in [2.05, 4.69) is 5.09 Å². The Bertz CT molecular complexity index is 915. The van der Waals surface area contributed by atoms with E-state index in [1.165, 1.54) is 31.2 Å². The van der Waals surface area contributed by atoms with Gasteiger partial charge in [-0.3, -0.25) is 14.9 Å². The second kappa shape index (κ2) is 9.73. The summed E-state index contributed by atoms with van der Waals surface area (Å²) in [5.74, 6) is -0.193. The summed E-state index contributed by atoms with van der Waals surface area (Å²) in [5.41, 5.74) is -0.136.